The summed E-state index contributed by atoms with van der Waals surface area (Å²) in [5.74, 6) is 0.787. The fourth-order valence-corrected chi connectivity index (χ4v) is 3.82. The molecule has 0 bridgehead atoms. The topological polar surface area (TPSA) is 114 Å². The third-order valence-corrected chi connectivity index (χ3v) is 5.55. The lowest BCUT2D eigenvalue weighted by Gasteiger charge is -2.26. The van der Waals surface area contributed by atoms with Gasteiger partial charge in [0, 0.05) is 56.8 Å². The minimum Gasteiger partial charge on any atom is -0.476 e. The maximum Gasteiger partial charge on any atom is 0.338 e. The second kappa shape index (κ2) is 23.5. The van der Waals surface area contributed by atoms with Crippen LogP contribution in [-0.2, 0) is 9.47 Å². The highest BCUT2D eigenvalue weighted by molar-refractivity contribution is 5.91. The first-order chi connectivity index (χ1) is 19.9. The van der Waals surface area contributed by atoms with E-state index in [1.165, 1.54) is 6.21 Å². The maximum atomic E-state index is 11.4. The van der Waals surface area contributed by atoms with Gasteiger partial charge in [0.1, 0.15) is 12.4 Å². The summed E-state index contributed by atoms with van der Waals surface area (Å²) in [6.07, 6.45) is 3.29. The number of nitrogen functional groups attached to an aromatic ring is 1. The van der Waals surface area contributed by atoms with E-state index in [2.05, 4.69) is 28.6 Å². The molecule has 1 aromatic carbocycles. The average Bonchev–Trinajstić information content (AvgIpc) is 2.99. The molecule has 1 aliphatic heterocycles. The van der Waals surface area contributed by atoms with Crippen LogP contribution in [0.25, 0.3) is 0 Å². The SMILES string of the molecule is CC.CC.CC(C)OC(=O)c1cccc(C=N)c1.CCCN(CCC)c1cc(N)nc(OCCN2CCOCC2)c1. The van der Waals surface area contributed by atoms with Gasteiger partial charge in [-0.1, -0.05) is 53.7 Å². The molecule has 3 N–H and O–H groups in total. The minimum atomic E-state index is -0.344. The highest BCUT2D eigenvalue weighted by atomic mass is 16.5. The van der Waals surface area contributed by atoms with Gasteiger partial charge in [-0.05, 0) is 44.4 Å². The number of carbonyl (C=O) groups is 1. The van der Waals surface area contributed by atoms with Gasteiger partial charge in [0.15, 0.2) is 0 Å². The Morgan fingerprint density at radius 1 is 1.10 bits per heavy atom. The fraction of sp³-hybridized carbons (Fsp3) is 0.594. The van der Waals surface area contributed by atoms with Crippen molar-refractivity contribution in [1.82, 2.24) is 9.88 Å². The highest BCUT2D eigenvalue weighted by Gasteiger charge is 2.12. The third kappa shape index (κ3) is 16.0. The molecule has 0 atom stereocenters. The first-order valence-electron chi connectivity index (χ1n) is 15.1. The van der Waals surface area contributed by atoms with Gasteiger partial charge in [-0.15, -0.1) is 0 Å². The molecular formula is C32H55N5O4. The van der Waals surface area contributed by atoms with Gasteiger partial charge in [-0.2, -0.15) is 4.98 Å². The van der Waals surface area contributed by atoms with Crippen molar-refractivity contribution in [3.8, 4) is 5.88 Å². The Balaban J connectivity index is 0.000000761. The molecule has 0 spiro atoms. The van der Waals surface area contributed by atoms with E-state index in [9.17, 15) is 4.79 Å². The predicted molar refractivity (Wildman–Crippen MR) is 172 cm³/mol. The van der Waals surface area contributed by atoms with Crippen molar-refractivity contribution in [1.29, 1.82) is 5.41 Å². The normalized spacial score (nSPS) is 12.4. The lowest BCUT2D eigenvalue weighted by molar-refractivity contribution is 0.0320. The molecule has 1 aromatic heterocycles. The summed E-state index contributed by atoms with van der Waals surface area (Å²) >= 11 is 0. The summed E-state index contributed by atoms with van der Waals surface area (Å²) in [6.45, 7) is 23.1. The first kappa shape index (κ1) is 37.8. The van der Waals surface area contributed by atoms with Crippen LogP contribution in [0.3, 0.4) is 0 Å². The van der Waals surface area contributed by atoms with Gasteiger partial charge in [0.2, 0.25) is 5.88 Å². The van der Waals surface area contributed by atoms with E-state index in [1.54, 1.807) is 38.1 Å². The van der Waals surface area contributed by atoms with Crippen LogP contribution in [0.5, 0.6) is 5.88 Å². The number of hydrogen-bond donors (Lipinski definition) is 2. The zero-order chi connectivity index (χ0) is 31.0. The van der Waals surface area contributed by atoms with Crippen molar-refractivity contribution in [3.05, 3.63) is 47.5 Å². The predicted octanol–water partition coefficient (Wildman–Crippen LogP) is 6.30. The maximum absolute atomic E-state index is 11.4. The summed E-state index contributed by atoms with van der Waals surface area (Å²) in [6, 6.07) is 10.7. The van der Waals surface area contributed by atoms with Crippen molar-refractivity contribution in [3.63, 3.8) is 0 Å². The minimum absolute atomic E-state index is 0.119. The number of aromatic nitrogens is 1. The van der Waals surface area contributed by atoms with E-state index >= 15 is 0 Å². The average molecular weight is 574 g/mol. The van der Waals surface area contributed by atoms with Gasteiger partial charge < -0.3 is 30.3 Å². The van der Waals surface area contributed by atoms with Crippen LogP contribution in [0.4, 0.5) is 11.5 Å². The van der Waals surface area contributed by atoms with Gasteiger partial charge in [0.25, 0.3) is 0 Å². The number of rotatable bonds is 12. The first-order valence-corrected chi connectivity index (χ1v) is 15.1. The van der Waals surface area contributed by atoms with Crippen LogP contribution in [0.1, 0.15) is 84.2 Å². The number of benzene rings is 1. The molecule has 1 aliphatic rings. The molecule has 0 radical (unpaired) electrons. The standard InChI is InChI=1S/C17H30N4O2.C11H13NO2.2C2H6/c1-3-5-21(6-4-2)15-13-16(18)19-17(14-15)23-12-9-20-7-10-22-11-8-20;1-8(2)14-11(13)10-5-3-4-9(6-10)7-12;2*1-2/h13-14H,3-12H2,1-2H3,(H2,18,19);3-8,12H,1-2H3;2*1-2H3. The molecular weight excluding hydrogens is 518 g/mol. The molecule has 2 heterocycles. The smallest absolute Gasteiger partial charge is 0.338 e. The molecule has 41 heavy (non-hydrogen) atoms. The third-order valence-electron chi connectivity index (χ3n) is 5.55. The largest absolute Gasteiger partial charge is 0.476 e. The second-order valence-electron chi connectivity index (χ2n) is 9.10. The summed E-state index contributed by atoms with van der Waals surface area (Å²) in [7, 11) is 0. The summed E-state index contributed by atoms with van der Waals surface area (Å²) in [5.41, 5.74) is 8.24. The van der Waals surface area contributed by atoms with Gasteiger partial charge in [-0.3, -0.25) is 4.90 Å². The quantitative estimate of drug-likeness (QED) is 0.225. The van der Waals surface area contributed by atoms with Crippen LogP contribution in [0.15, 0.2) is 36.4 Å². The number of ether oxygens (including phenoxy) is 3. The Morgan fingerprint density at radius 2 is 1.73 bits per heavy atom. The molecule has 0 unspecified atom stereocenters. The van der Waals surface area contributed by atoms with E-state index in [1.807, 2.05) is 39.8 Å². The Labute approximate surface area is 248 Å². The van der Waals surface area contributed by atoms with E-state index in [0.29, 0.717) is 29.4 Å². The van der Waals surface area contributed by atoms with Crippen molar-refractivity contribution < 1.29 is 19.0 Å². The number of nitrogens with zero attached hydrogens (tertiary/aromatic N) is 3. The molecule has 232 valence electrons. The number of nitrogens with two attached hydrogens (primary N) is 1. The highest BCUT2D eigenvalue weighted by Crippen LogP contribution is 2.23. The van der Waals surface area contributed by atoms with Crippen molar-refractivity contribution in [2.24, 2.45) is 0 Å². The lowest BCUT2D eigenvalue weighted by Crippen LogP contribution is -2.38. The van der Waals surface area contributed by atoms with Gasteiger partial charge in [-0.25, -0.2) is 4.79 Å². The Bertz CT molecular complexity index is 959. The fourth-order valence-electron chi connectivity index (χ4n) is 3.82. The molecule has 9 nitrogen and oxygen atoms in total. The zero-order valence-corrected chi connectivity index (χ0v) is 26.7. The van der Waals surface area contributed by atoms with Gasteiger partial charge >= 0.3 is 5.97 Å². The van der Waals surface area contributed by atoms with E-state index in [0.717, 1.165) is 64.5 Å². The summed E-state index contributed by atoms with van der Waals surface area (Å²) in [5, 5.41) is 7.05. The lowest BCUT2D eigenvalue weighted by atomic mass is 10.1. The summed E-state index contributed by atoms with van der Waals surface area (Å²) < 4.78 is 16.2. The summed E-state index contributed by atoms with van der Waals surface area (Å²) in [4.78, 5) is 20.4. The number of morpholine rings is 1. The van der Waals surface area contributed by atoms with E-state index in [4.69, 9.17) is 25.4 Å². The van der Waals surface area contributed by atoms with Crippen LogP contribution in [0, 0.1) is 5.41 Å². The Kier molecular flexibility index (Phi) is 21.7. The molecule has 2 aromatic rings. The van der Waals surface area contributed by atoms with Crippen LogP contribution in [-0.4, -0.2) is 80.7 Å². The van der Waals surface area contributed by atoms with Crippen LogP contribution >= 0.6 is 0 Å². The molecule has 0 saturated carbocycles. The molecule has 9 heteroatoms. The Morgan fingerprint density at radius 3 is 2.29 bits per heavy atom. The molecule has 0 aliphatic carbocycles. The van der Waals surface area contributed by atoms with E-state index in [-0.39, 0.29) is 12.1 Å². The van der Waals surface area contributed by atoms with Gasteiger partial charge in [0.05, 0.1) is 24.9 Å². The van der Waals surface area contributed by atoms with Crippen molar-refractivity contribution in [2.45, 2.75) is 74.3 Å². The second-order valence-corrected chi connectivity index (χ2v) is 9.10. The zero-order valence-electron chi connectivity index (χ0n) is 26.7. The molecule has 1 saturated heterocycles. The number of carbonyl (C=O) groups excluding carboxylic acids is 1. The Hall–Kier alpha value is -3.17. The molecule has 1 fully saturated rings. The monoisotopic (exact) mass is 573 g/mol. The van der Waals surface area contributed by atoms with E-state index < -0.39 is 0 Å². The molecule has 3 rings (SSSR count). The number of hydrogen-bond acceptors (Lipinski definition) is 9. The molecule has 0 amide bonds. The number of anilines is 2. The van der Waals surface area contributed by atoms with Crippen LogP contribution in [0.2, 0.25) is 0 Å². The number of nitrogens with one attached hydrogen (secondary N) is 1. The van der Waals surface area contributed by atoms with Crippen molar-refractivity contribution in [2.75, 3.05) is 63.2 Å². The van der Waals surface area contributed by atoms with Crippen molar-refractivity contribution >= 4 is 23.7 Å². The van der Waals surface area contributed by atoms with Crippen LogP contribution < -0.4 is 15.4 Å². The number of pyridine rings is 1. The number of esters is 1.